The van der Waals surface area contributed by atoms with Gasteiger partial charge in [-0.25, -0.2) is 0 Å². The van der Waals surface area contributed by atoms with Crippen molar-refractivity contribution < 1.29 is 9.53 Å². The van der Waals surface area contributed by atoms with Crippen LogP contribution in [-0.4, -0.2) is 44.6 Å². The van der Waals surface area contributed by atoms with E-state index in [-0.39, 0.29) is 5.91 Å². The Labute approximate surface area is 127 Å². The third-order valence-corrected chi connectivity index (χ3v) is 4.39. The summed E-state index contributed by atoms with van der Waals surface area (Å²) in [4.78, 5) is 16.9. The third kappa shape index (κ3) is 3.49. The van der Waals surface area contributed by atoms with Gasteiger partial charge in [-0.3, -0.25) is 4.79 Å². The summed E-state index contributed by atoms with van der Waals surface area (Å²) in [6, 6.07) is 5.71. The number of amides is 1. The number of benzene rings is 1. The van der Waals surface area contributed by atoms with Crippen LogP contribution in [0, 0.1) is 5.92 Å². The molecule has 1 heterocycles. The second kappa shape index (κ2) is 6.83. The first kappa shape index (κ1) is 15.7. The number of carbonyl (C=O) groups excluding carboxylic acids is 1. The number of likely N-dealkylation sites (tertiary alicyclic amines) is 1. The van der Waals surface area contributed by atoms with Crippen molar-refractivity contribution in [1.29, 1.82) is 0 Å². The maximum Gasteiger partial charge on any atom is 0.255 e. The predicted molar refractivity (Wildman–Crippen MR) is 86.2 cm³/mol. The summed E-state index contributed by atoms with van der Waals surface area (Å²) in [5.41, 5.74) is 1.72. The first-order chi connectivity index (χ1) is 10.1. The van der Waals surface area contributed by atoms with Crippen molar-refractivity contribution in [3.05, 3.63) is 23.8 Å². The second-order valence-electron chi connectivity index (χ2n) is 5.87. The van der Waals surface area contributed by atoms with E-state index in [0.717, 1.165) is 55.4 Å². The molecule has 0 N–H and O–H groups in total. The van der Waals surface area contributed by atoms with Gasteiger partial charge in [0.05, 0.1) is 18.4 Å². The van der Waals surface area contributed by atoms with Crippen molar-refractivity contribution in [2.24, 2.45) is 5.92 Å². The van der Waals surface area contributed by atoms with E-state index in [2.05, 4.69) is 18.7 Å². The molecular formula is C17H26N2O2. The number of piperidine rings is 1. The van der Waals surface area contributed by atoms with Crippen LogP contribution in [-0.2, 0) is 0 Å². The first-order valence-corrected chi connectivity index (χ1v) is 7.75. The molecule has 1 saturated heterocycles. The molecule has 4 heteroatoms. The number of methoxy groups -OCH3 is 1. The molecule has 1 aliphatic rings. The lowest BCUT2D eigenvalue weighted by Gasteiger charge is -2.31. The van der Waals surface area contributed by atoms with Gasteiger partial charge in [-0.1, -0.05) is 6.92 Å². The minimum atomic E-state index is 0.139. The predicted octanol–water partition coefficient (Wildman–Crippen LogP) is 3.02. The monoisotopic (exact) mass is 290 g/mol. The average Bonchev–Trinajstić information content (AvgIpc) is 2.53. The summed E-state index contributed by atoms with van der Waals surface area (Å²) in [7, 11) is 3.66. The van der Waals surface area contributed by atoms with Gasteiger partial charge >= 0.3 is 0 Å². The van der Waals surface area contributed by atoms with E-state index >= 15 is 0 Å². The van der Waals surface area contributed by atoms with Crippen molar-refractivity contribution in [1.82, 2.24) is 4.90 Å². The Kier molecular flexibility index (Phi) is 5.10. The van der Waals surface area contributed by atoms with Gasteiger partial charge in [-0.2, -0.15) is 0 Å². The van der Waals surface area contributed by atoms with Crippen LogP contribution >= 0.6 is 0 Å². The lowest BCUT2D eigenvalue weighted by Crippen LogP contribution is -2.38. The van der Waals surface area contributed by atoms with Crippen LogP contribution in [0.4, 0.5) is 5.69 Å². The Morgan fingerprint density at radius 1 is 1.38 bits per heavy atom. The number of rotatable bonds is 4. The zero-order valence-corrected chi connectivity index (χ0v) is 13.6. The lowest BCUT2D eigenvalue weighted by atomic mass is 9.98. The third-order valence-electron chi connectivity index (χ3n) is 4.39. The van der Waals surface area contributed by atoms with Gasteiger partial charge in [0.2, 0.25) is 0 Å². The minimum absolute atomic E-state index is 0.139. The smallest absolute Gasteiger partial charge is 0.255 e. The molecule has 21 heavy (non-hydrogen) atoms. The molecule has 1 aliphatic heterocycles. The molecule has 0 saturated carbocycles. The van der Waals surface area contributed by atoms with Gasteiger partial charge in [0.1, 0.15) is 5.75 Å². The van der Waals surface area contributed by atoms with Crippen LogP contribution < -0.4 is 9.64 Å². The molecule has 1 amide bonds. The first-order valence-electron chi connectivity index (χ1n) is 7.75. The lowest BCUT2D eigenvalue weighted by molar-refractivity contribution is 0.0698. The van der Waals surface area contributed by atoms with Crippen LogP contribution in [0.25, 0.3) is 0 Å². The molecule has 1 aromatic carbocycles. The molecule has 2 rings (SSSR count). The van der Waals surface area contributed by atoms with E-state index in [1.807, 2.05) is 30.1 Å². The molecule has 0 unspecified atom stereocenters. The number of hydrogen-bond donors (Lipinski definition) is 0. The summed E-state index contributed by atoms with van der Waals surface area (Å²) in [6.07, 6.45) is 2.20. The van der Waals surface area contributed by atoms with E-state index in [9.17, 15) is 4.79 Å². The largest absolute Gasteiger partial charge is 0.497 e. The number of carbonyl (C=O) groups is 1. The zero-order valence-electron chi connectivity index (χ0n) is 13.6. The molecule has 116 valence electrons. The van der Waals surface area contributed by atoms with Crippen molar-refractivity contribution >= 4 is 11.6 Å². The maximum absolute atomic E-state index is 12.8. The van der Waals surface area contributed by atoms with E-state index in [0.29, 0.717) is 0 Å². The van der Waals surface area contributed by atoms with E-state index in [4.69, 9.17) is 4.74 Å². The highest BCUT2D eigenvalue weighted by molar-refractivity contribution is 6.00. The van der Waals surface area contributed by atoms with Gasteiger partial charge in [-0.15, -0.1) is 0 Å². The van der Waals surface area contributed by atoms with Crippen molar-refractivity contribution in [3.8, 4) is 5.75 Å². The zero-order chi connectivity index (χ0) is 15.4. The molecule has 0 aliphatic carbocycles. The molecule has 1 aromatic rings. The average molecular weight is 290 g/mol. The fraction of sp³-hybridized carbons (Fsp3) is 0.588. The summed E-state index contributed by atoms with van der Waals surface area (Å²) >= 11 is 0. The molecule has 0 bridgehead atoms. The SMILES string of the molecule is CCN(C)c1cc(OC)ccc1C(=O)N1CCC(C)CC1. The molecule has 0 atom stereocenters. The summed E-state index contributed by atoms with van der Waals surface area (Å²) in [5, 5.41) is 0. The van der Waals surface area contributed by atoms with Gasteiger partial charge in [0.25, 0.3) is 5.91 Å². The van der Waals surface area contributed by atoms with Crippen molar-refractivity contribution in [3.63, 3.8) is 0 Å². The number of anilines is 1. The van der Waals surface area contributed by atoms with Gasteiger partial charge in [0.15, 0.2) is 0 Å². The van der Waals surface area contributed by atoms with E-state index < -0.39 is 0 Å². The Hall–Kier alpha value is -1.71. The minimum Gasteiger partial charge on any atom is -0.497 e. The van der Waals surface area contributed by atoms with Crippen LogP contribution in [0.5, 0.6) is 5.75 Å². The van der Waals surface area contributed by atoms with Gasteiger partial charge < -0.3 is 14.5 Å². The highest BCUT2D eigenvalue weighted by atomic mass is 16.5. The van der Waals surface area contributed by atoms with Crippen LogP contribution in [0.3, 0.4) is 0 Å². The Morgan fingerprint density at radius 3 is 2.62 bits per heavy atom. The quantitative estimate of drug-likeness (QED) is 0.854. The molecule has 0 spiro atoms. The molecule has 0 radical (unpaired) electrons. The Morgan fingerprint density at radius 2 is 2.05 bits per heavy atom. The van der Waals surface area contributed by atoms with E-state index in [1.54, 1.807) is 7.11 Å². The summed E-state index contributed by atoms with van der Waals surface area (Å²) < 4.78 is 5.29. The van der Waals surface area contributed by atoms with Gasteiger partial charge in [-0.05, 0) is 37.8 Å². The Balaban J connectivity index is 2.27. The van der Waals surface area contributed by atoms with Crippen LogP contribution in [0.2, 0.25) is 0 Å². The van der Waals surface area contributed by atoms with Crippen LogP contribution in [0.1, 0.15) is 37.0 Å². The fourth-order valence-electron chi connectivity index (χ4n) is 2.69. The summed E-state index contributed by atoms with van der Waals surface area (Å²) in [6.45, 7) is 6.91. The summed E-state index contributed by atoms with van der Waals surface area (Å²) in [5.74, 6) is 1.65. The number of nitrogens with zero attached hydrogens (tertiary/aromatic N) is 2. The molecule has 1 fully saturated rings. The van der Waals surface area contributed by atoms with Crippen molar-refractivity contribution in [2.45, 2.75) is 26.7 Å². The highest BCUT2D eigenvalue weighted by Crippen LogP contribution is 2.28. The number of hydrogen-bond acceptors (Lipinski definition) is 3. The molecule has 4 nitrogen and oxygen atoms in total. The Bertz CT molecular complexity index is 494. The highest BCUT2D eigenvalue weighted by Gasteiger charge is 2.24. The van der Waals surface area contributed by atoms with Gasteiger partial charge in [0, 0.05) is 32.7 Å². The second-order valence-corrected chi connectivity index (χ2v) is 5.87. The standard InChI is InChI=1S/C17H26N2O2/c1-5-18(3)16-12-14(21-4)6-7-15(16)17(20)19-10-8-13(2)9-11-19/h6-7,12-13H,5,8-11H2,1-4H3. The van der Waals surface area contributed by atoms with Crippen molar-refractivity contribution in [2.75, 3.05) is 38.7 Å². The molecular weight excluding hydrogens is 264 g/mol. The molecule has 0 aromatic heterocycles. The fourth-order valence-corrected chi connectivity index (χ4v) is 2.69. The maximum atomic E-state index is 12.8. The normalized spacial score (nSPS) is 15.9. The van der Waals surface area contributed by atoms with Crippen LogP contribution in [0.15, 0.2) is 18.2 Å². The topological polar surface area (TPSA) is 32.8 Å². The van der Waals surface area contributed by atoms with E-state index in [1.165, 1.54) is 0 Å². The number of ether oxygens (including phenoxy) is 1.